The van der Waals surface area contributed by atoms with Crippen molar-refractivity contribution in [3.63, 3.8) is 0 Å². The Morgan fingerprint density at radius 1 is 1.65 bits per heavy atom. The Balaban J connectivity index is 1.96. The summed E-state index contributed by atoms with van der Waals surface area (Å²) in [5.74, 6) is 0.591. The molecule has 0 aromatic carbocycles. The zero-order chi connectivity index (χ0) is 12.3. The number of aryl methyl sites for hydroxylation is 2. The van der Waals surface area contributed by atoms with E-state index in [0.29, 0.717) is 36.0 Å². The number of aromatic nitrogens is 1. The number of carbonyl (C=O) groups excluding carboxylic acids is 1. The van der Waals surface area contributed by atoms with Crippen LogP contribution in [0.2, 0.25) is 0 Å². The summed E-state index contributed by atoms with van der Waals surface area (Å²) in [6, 6.07) is 0.407. The fourth-order valence-corrected chi connectivity index (χ4v) is 2.18. The van der Waals surface area contributed by atoms with Gasteiger partial charge in [0, 0.05) is 19.0 Å². The predicted octanol–water partition coefficient (Wildman–Crippen LogP) is 1.03. The van der Waals surface area contributed by atoms with Gasteiger partial charge < -0.3 is 15.2 Å². The lowest BCUT2D eigenvalue weighted by Crippen LogP contribution is -2.37. The first-order valence-corrected chi connectivity index (χ1v) is 6.19. The summed E-state index contributed by atoms with van der Waals surface area (Å²) in [5, 5.41) is 10.1. The number of hydrogen-bond donors (Lipinski definition) is 2. The van der Waals surface area contributed by atoms with Crippen molar-refractivity contribution in [1.29, 1.82) is 0 Å². The lowest BCUT2D eigenvalue weighted by atomic mass is 10.1. The van der Waals surface area contributed by atoms with E-state index >= 15 is 0 Å². The van der Waals surface area contributed by atoms with Gasteiger partial charge in [-0.3, -0.25) is 4.79 Å². The van der Waals surface area contributed by atoms with Gasteiger partial charge in [-0.2, -0.15) is 0 Å². The largest absolute Gasteiger partial charge is 0.360 e. The van der Waals surface area contributed by atoms with Gasteiger partial charge in [0.15, 0.2) is 0 Å². The van der Waals surface area contributed by atoms with Gasteiger partial charge in [-0.15, -0.1) is 0 Å². The van der Waals surface area contributed by atoms with Gasteiger partial charge in [0.2, 0.25) is 0 Å². The molecular weight excluding hydrogens is 218 g/mol. The standard InChI is InChI=1S/C12H19N3O2/c1-3-10-11(8(2)15-17-10)12(16)14-7-9-5-4-6-13-9/h9,13H,3-7H2,1-2H3,(H,14,16). The van der Waals surface area contributed by atoms with Gasteiger partial charge >= 0.3 is 0 Å². The first-order valence-electron chi connectivity index (χ1n) is 6.19. The molecule has 0 saturated carbocycles. The minimum atomic E-state index is -0.0747. The molecular formula is C12H19N3O2. The Hall–Kier alpha value is -1.36. The van der Waals surface area contributed by atoms with E-state index in [2.05, 4.69) is 15.8 Å². The summed E-state index contributed by atoms with van der Waals surface area (Å²) < 4.78 is 5.11. The van der Waals surface area contributed by atoms with Crippen LogP contribution >= 0.6 is 0 Å². The summed E-state index contributed by atoms with van der Waals surface area (Å²) in [6.45, 7) is 5.47. The average Bonchev–Trinajstić information content (AvgIpc) is 2.94. The Morgan fingerprint density at radius 2 is 2.47 bits per heavy atom. The molecule has 1 saturated heterocycles. The van der Waals surface area contributed by atoms with Crippen LogP contribution in [-0.2, 0) is 6.42 Å². The SMILES string of the molecule is CCc1onc(C)c1C(=O)NCC1CCCN1. The Bertz CT molecular complexity index is 394. The second kappa shape index (κ2) is 5.31. The summed E-state index contributed by atoms with van der Waals surface area (Å²) in [6.07, 6.45) is 3.00. The molecule has 0 spiro atoms. The van der Waals surface area contributed by atoms with Crippen LogP contribution in [0.4, 0.5) is 0 Å². The van der Waals surface area contributed by atoms with E-state index in [-0.39, 0.29) is 5.91 Å². The highest BCUT2D eigenvalue weighted by molar-refractivity contribution is 5.96. The van der Waals surface area contributed by atoms with Gasteiger partial charge in [-0.1, -0.05) is 12.1 Å². The van der Waals surface area contributed by atoms with E-state index in [1.807, 2.05) is 6.92 Å². The van der Waals surface area contributed by atoms with Gasteiger partial charge in [-0.25, -0.2) is 0 Å². The molecule has 1 aromatic heterocycles. The zero-order valence-corrected chi connectivity index (χ0v) is 10.4. The summed E-state index contributed by atoms with van der Waals surface area (Å²) in [4.78, 5) is 12.0. The van der Waals surface area contributed by atoms with Crippen molar-refractivity contribution in [1.82, 2.24) is 15.8 Å². The zero-order valence-electron chi connectivity index (χ0n) is 10.4. The van der Waals surface area contributed by atoms with E-state index in [0.717, 1.165) is 13.0 Å². The first kappa shape index (κ1) is 12.1. The van der Waals surface area contributed by atoms with Crippen molar-refractivity contribution in [3.05, 3.63) is 17.0 Å². The number of nitrogens with one attached hydrogen (secondary N) is 2. The highest BCUT2D eigenvalue weighted by atomic mass is 16.5. The molecule has 2 heterocycles. The van der Waals surface area contributed by atoms with Gasteiger partial charge in [-0.05, 0) is 26.3 Å². The predicted molar refractivity (Wildman–Crippen MR) is 64.0 cm³/mol. The summed E-state index contributed by atoms with van der Waals surface area (Å²) >= 11 is 0. The van der Waals surface area contributed by atoms with Crippen molar-refractivity contribution in [2.75, 3.05) is 13.1 Å². The van der Waals surface area contributed by atoms with Crippen LogP contribution in [0.3, 0.4) is 0 Å². The molecule has 94 valence electrons. The van der Waals surface area contributed by atoms with Crippen molar-refractivity contribution >= 4 is 5.91 Å². The second-order valence-electron chi connectivity index (χ2n) is 4.42. The molecule has 1 unspecified atom stereocenters. The number of carbonyl (C=O) groups is 1. The fourth-order valence-electron chi connectivity index (χ4n) is 2.18. The maximum absolute atomic E-state index is 12.0. The monoisotopic (exact) mass is 237 g/mol. The van der Waals surface area contributed by atoms with Crippen LogP contribution in [0.25, 0.3) is 0 Å². The first-order chi connectivity index (χ1) is 8.22. The van der Waals surface area contributed by atoms with E-state index < -0.39 is 0 Å². The van der Waals surface area contributed by atoms with Crippen LogP contribution in [0.5, 0.6) is 0 Å². The minimum Gasteiger partial charge on any atom is -0.360 e. The van der Waals surface area contributed by atoms with Crippen LogP contribution in [-0.4, -0.2) is 30.2 Å². The molecule has 2 rings (SSSR count). The summed E-state index contributed by atoms with van der Waals surface area (Å²) in [7, 11) is 0. The van der Waals surface area contributed by atoms with Crippen LogP contribution < -0.4 is 10.6 Å². The molecule has 0 radical (unpaired) electrons. The lowest BCUT2D eigenvalue weighted by molar-refractivity contribution is 0.0948. The third-order valence-electron chi connectivity index (χ3n) is 3.15. The average molecular weight is 237 g/mol. The fraction of sp³-hybridized carbons (Fsp3) is 0.667. The van der Waals surface area contributed by atoms with Crippen molar-refractivity contribution in [2.45, 2.75) is 39.2 Å². The van der Waals surface area contributed by atoms with E-state index in [1.54, 1.807) is 6.92 Å². The second-order valence-corrected chi connectivity index (χ2v) is 4.42. The highest BCUT2D eigenvalue weighted by Gasteiger charge is 2.20. The number of rotatable bonds is 4. The molecule has 17 heavy (non-hydrogen) atoms. The van der Waals surface area contributed by atoms with Crippen LogP contribution in [0, 0.1) is 6.92 Å². The van der Waals surface area contributed by atoms with E-state index in [1.165, 1.54) is 6.42 Å². The Labute approximate surface area is 101 Å². The molecule has 5 heteroatoms. The Kier molecular flexibility index (Phi) is 3.78. The number of amides is 1. The molecule has 1 aliphatic heterocycles. The topological polar surface area (TPSA) is 67.2 Å². The molecule has 1 fully saturated rings. The van der Waals surface area contributed by atoms with E-state index in [9.17, 15) is 4.79 Å². The molecule has 2 N–H and O–H groups in total. The normalized spacial score (nSPS) is 19.5. The van der Waals surface area contributed by atoms with Crippen molar-refractivity contribution in [3.8, 4) is 0 Å². The van der Waals surface area contributed by atoms with Crippen molar-refractivity contribution < 1.29 is 9.32 Å². The molecule has 0 aliphatic carbocycles. The molecule has 1 amide bonds. The van der Waals surface area contributed by atoms with Gasteiger partial charge in [0.25, 0.3) is 5.91 Å². The summed E-state index contributed by atoms with van der Waals surface area (Å²) in [5.41, 5.74) is 1.27. The minimum absolute atomic E-state index is 0.0747. The molecule has 1 aliphatic rings. The molecule has 5 nitrogen and oxygen atoms in total. The number of hydrogen-bond acceptors (Lipinski definition) is 4. The molecule has 0 bridgehead atoms. The molecule has 1 aromatic rings. The third-order valence-corrected chi connectivity index (χ3v) is 3.15. The van der Waals surface area contributed by atoms with Crippen molar-refractivity contribution in [2.24, 2.45) is 0 Å². The Morgan fingerprint density at radius 3 is 3.12 bits per heavy atom. The highest BCUT2D eigenvalue weighted by Crippen LogP contribution is 2.14. The third kappa shape index (κ3) is 2.66. The van der Waals surface area contributed by atoms with Crippen LogP contribution in [0.1, 0.15) is 41.6 Å². The maximum Gasteiger partial charge on any atom is 0.256 e. The smallest absolute Gasteiger partial charge is 0.256 e. The van der Waals surface area contributed by atoms with E-state index in [4.69, 9.17) is 4.52 Å². The quantitative estimate of drug-likeness (QED) is 0.820. The lowest BCUT2D eigenvalue weighted by Gasteiger charge is -2.11. The van der Waals surface area contributed by atoms with Gasteiger partial charge in [0.1, 0.15) is 11.3 Å². The maximum atomic E-state index is 12.0. The molecule has 1 atom stereocenters. The number of nitrogens with zero attached hydrogens (tertiary/aromatic N) is 1. The van der Waals surface area contributed by atoms with Gasteiger partial charge in [0.05, 0.1) is 5.69 Å². The van der Waals surface area contributed by atoms with Crippen LogP contribution in [0.15, 0.2) is 4.52 Å².